The Bertz CT molecular complexity index is 1120. The number of hydrazone groups is 1. The summed E-state index contributed by atoms with van der Waals surface area (Å²) in [5.74, 6) is 0.0465. The molecule has 1 N–H and O–H groups in total. The summed E-state index contributed by atoms with van der Waals surface area (Å²) in [6.45, 7) is 2.63. The van der Waals surface area contributed by atoms with E-state index in [1.54, 1.807) is 26.0 Å². The van der Waals surface area contributed by atoms with Crippen molar-refractivity contribution in [3.63, 3.8) is 0 Å². The molecule has 35 heavy (non-hydrogen) atoms. The van der Waals surface area contributed by atoms with Crippen molar-refractivity contribution in [3.05, 3.63) is 50.1 Å². The van der Waals surface area contributed by atoms with Crippen LogP contribution in [0, 0.1) is 20.2 Å². The number of carbonyl (C=O) groups is 1. The highest BCUT2D eigenvalue weighted by Crippen LogP contribution is 2.38. The molecule has 14 nitrogen and oxygen atoms in total. The third-order valence-electron chi connectivity index (χ3n) is 4.54. The Labute approximate surface area is 199 Å². The van der Waals surface area contributed by atoms with Gasteiger partial charge in [-0.1, -0.05) is 0 Å². The van der Waals surface area contributed by atoms with Gasteiger partial charge in [0, 0.05) is 18.2 Å². The summed E-state index contributed by atoms with van der Waals surface area (Å²) >= 11 is 0. The van der Waals surface area contributed by atoms with Crippen molar-refractivity contribution in [1.29, 1.82) is 0 Å². The molecule has 0 fully saturated rings. The molecule has 0 aliphatic carbocycles. The van der Waals surface area contributed by atoms with Gasteiger partial charge < -0.3 is 23.7 Å². The normalized spacial score (nSPS) is 10.8. The molecule has 188 valence electrons. The molecule has 0 aliphatic heterocycles. The topological polar surface area (TPSA) is 174 Å². The minimum atomic E-state index is -0.862. The SMILES string of the molecule is CCOC(=O)COc1cc(N/N=C(/C)c2c(OC)cc(OC)cc2OC)c([N+](=O)[O-])cc1[N+](=O)[O-]. The van der Waals surface area contributed by atoms with Crippen LogP contribution in [0.5, 0.6) is 23.0 Å². The van der Waals surface area contributed by atoms with Gasteiger partial charge in [-0.2, -0.15) is 5.10 Å². The van der Waals surface area contributed by atoms with Crippen molar-refractivity contribution in [1.82, 2.24) is 0 Å². The molecule has 0 aromatic heterocycles. The summed E-state index contributed by atoms with van der Waals surface area (Å²) < 4.78 is 25.9. The van der Waals surface area contributed by atoms with Gasteiger partial charge in [0.05, 0.1) is 49.1 Å². The molecule has 0 amide bonds. The maximum atomic E-state index is 11.6. The molecule has 2 rings (SSSR count). The number of methoxy groups -OCH3 is 3. The molecule has 2 aromatic rings. The molecule has 0 radical (unpaired) electrons. The van der Waals surface area contributed by atoms with Gasteiger partial charge in [-0.25, -0.2) is 4.79 Å². The van der Waals surface area contributed by atoms with Crippen molar-refractivity contribution in [2.75, 3.05) is 40.0 Å². The van der Waals surface area contributed by atoms with E-state index in [1.165, 1.54) is 21.3 Å². The van der Waals surface area contributed by atoms with E-state index in [1.807, 2.05) is 0 Å². The van der Waals surface area contributed by atoms with Crippen LogP contribution in [0.25, 0.3) is 0 Å². The number of hydrogen-bond acceptors (Lipinski definition) is 12. The summed E-state index contributed by atoms with van der Waals surface area (Å²) in [6, 6.07) is 4.93. The molecule has 0 saturated carbocycles. The fourth-order valence-electron chi connectivity index (χ4n) is 2.96. The summed E-state index contributed by atoms with van der Waals surface area (Å²) in [5.41, 5.74) is 1.72. The third kappa shape index (κ3) is 6.46. The Morgan fingerprint density at radius 1 is 0.943 bits per heavy atom. The predicted octanol–water partition coefficient (Wildman–Crippen LogP) is 3.31. The van der Waals surface area contributed by atoms with E-state index in [0.29, 0.717) is 34.6 Å². The van der Waals surface area contributed by atoms with Crippen LogP contribution in [0.2, 0.25) is 0 Å². The average Bonchev–Trinajstić information content (AvgIpc) is 2.84. The van der Waals surface area contributed by atoms with Crippen LogP contribution < -0.4 is 24.4 Å². The summed E-state index contributed by atoms with van der Waals surface area (Å²) in [7, 11) is 4.35. The number of nitrogens with one attached hydrogen (secondary N) is 1. The Hall–Kier alpha value is -4.62. The lowest BCUT2D eigenvalue weighted by Gasteiger charge is -2.15. The molecule has 14 heteroatoms. The fraction of sp³-hybridized carbons (Fsp3) is 0.333. The van der Waals surface area contributed by atoms with Gasteiger partial charge in [0.25, 0.3) is 0 Å². The average molecular weight is 492 g/mol. The largest absolute Gasteiger partial charge is 0.496 e. The summed E-state index contributed by atoms with van der Waals surface area (Å²) in [5, 5.41) is 27.2. The van der Waals surface area contributed by atoms with Crippen LogP contribution in [-0.4, -0.2) is 56.1 Å². The molecule has 0 unspecified atom stereocenters. The van der Waals surface area contributed by atoms with Crippen LogP contribution in [-0.2, 0) is 9.53 Å². The lowest BCUT2D eigenvalue weighted by atomic mass is 10.1. The van der Waals surface area contributed by atoms with E-state index in [-0.39, 0.29) is 18.0 Å². The number of nitrogens with zero attached hydrogens (tertiary/aromatic N) is 3. The van der Waals surface area contributed by atoms with Gasteiger partial charge >= 0.3 is 17.3 Å². The quantitative estimate of drug-likeness (QED) is 0.199. The first-order valence-corrected chi connectivity index (χ1v) is 10.0. The second-order valence-electron chi connectivity index (χ2n) is 6.66. The van der Waals surface area contributed by atoms with E-state index in [4.69, 9.17) is 23.7 Å². The Morgan fingerprint density at radius 3 is 2.03 bits per heavy atom. The van der Waals surface area contributed by atoms with Gasteiger partial charge in [0.1, 0.15) is 29.0 Å². The zero-order valence-corrected chi connectivity index (χ0v) is 19.6. The number of carbonyl (C=O) groups excluding carboxylic acids is 1. The van der Waals surface area contributed by atoms with E-state index in [0.717, 1.165) is 6.07 Å². The highest BCUT2D eigenvalue weighted by molar-refractivity contribution is 6.04. The second kappa shape index (κ2) is 12.0. The monoisotopic (exact) mass is 492 g/mol. The number of nitro groups is 2. The van der Waals surface area contributed by atoms with Gasteiger partial charge in [-0.3, -0.25) is 25.7 Å². The lowest BCUT2D eigenvalue weighted by molar-refractivity contribution is -0.394. The number of benzene rings is 2. The minimum absolute atomic E-state index is 0.0869. The van der Waals surface area contributed by atoms with Crippen LogP contribution in [0.15, 0.2) is 29.4 Å². The summed E-state index contributed by atoms with van der Waals surface area (Å²) in [6.07, 6.45) is 0. The van der Waals surface area contributed by atoms with Gasteiger partial charge in [0.15, 0.2) is 12.4 Å². The first kappa shape index (κ1) is 26.6. The van der Waals surface area contributed by atoms with Gasteiger partial charge in [0.2, 0.25) is 0 Å². The van der Waals surface area contributed by atoms with E-state index in [9.17, 15) is 25.0 Å². The number of anilines is 1. The lowest BCUT2D eigenvalue weighted by Crippen LogP contribution is -2.15. The number of nitro benzene ring substituents is 2. The molecule has 0 spiro atoms. The molecule has 0 bridgehead atoms. The molecule has 0 saturated heterocycles. The van der Waals surface area contributed by atoms with Crippen molar-refractivity contribution in [3.8, 4) is 23.0 Å². The zero-order chi connectivity index (χ0) is 26.1. The van der Waals surface area contributed by atoms with Crippen molar-refractivity contribution >= 4 is 28.7 Å². The summed E-state index contributed by atoms with van der Waals surface area (Å²) in [4.78, 5) is 32.9. The maximum absolute atomic E-state index is 11.6. The standard InChI is InChI=1S/C21H24N4O10/c1-6-34-20(26)11-35-17-9-14(15(24(27)28)10-16(17)25(29)30)23-22-12(2)21-18(32-4)7-13(31-3)8-19(21)33-5/h7-10,23H,6,11H2,1-5H3/b22-12-. The van der Waals surface area contributed by atoms with E-state index < -0.39 is 33.8 Å². The fourth-order valence-corrected chi connectivity index (χ4v) is 2.96. The number of hydrogen-bond donors (Lipinski definition) is 1. The number of ether oxygens (including phenoxy) is 5. The van der Waals surface area contributed by atoms with Crippen molar-refractivity contribution in [2.45, 2.75) is 13.8 Å². The molecule has 0 atom stereocenters. The number of rotatable bonds is 12. The maximum Gasteiger partial charge on any atom is 0.344 e. The van der Waals surface area contributed by atoms with Crippen LogP contribution in [0.1, 0.15) is 19.4 Å². The zero-order valence-electron chi connectivity index (χ0n) is 19.6. The highest BCUT2D eigenvalue weighted by atomic mass is 16.6. The molecular formula is C21H24N4O10. The minimum Gasteiger partial charge on any atom is -0.496 e. The third-order valence-corrected chi connectivity index (χ3v) is 4.54. The Balaban J connectivity index is 2.52. The second-order valence-corrected chi connectivity index (χ2v) is 6.66. The predicted molar refractivity (Wildman–Crippen MR) is 124 cm³/mol. The van der Waals surface area contributed by atoms with Crippen LogP contribution in [0.3, 0.4) is 0 Å². The Morgan fingerprint density at radius 2 is 1.54 bits per heavy atom. The highest BCUT2D eigenvalue weighted by Gasteiger charge is 2.26. The van der Waals surface area contributed by atoms with E-state index >= 15 is 0 Å². The number of esters is 1. The molecule has 0 aliphatic rings. The van der Waals surface area contributed by atoms with Crippen LogP contribution >= 0.6 is 0 Å². The van der Waals surface area contributed by atoms with Crippen molar-refractivity contribution in [2.24, 2.45) is 5.10 Å². The van der Waals surface area contributed by atoms with Crippen molar-refractivity contribution < 1.29 is 38.3 Å². The molecule has 2 aromatic carbocycles. The van der Waals surface area contributed by atoms with E-state index in [2.05, 4.69) is 10.5 Å². The molecule has 0 heterocycles. The van der Waals surface area contributed by atoms with Crippen LogP contribution in [0.4, 0.5) is 17.1 Å². The van der Waals surface area contributed by atoms with Gasteiger partial charge in [-0.05, 0) is 13.8 Å². The first-order valence-electron chi connectivity index (χ1n) is 10.0. The molecular weight excluding hydrogens is 468 g/mol. The smallest absolute Gasteiger partial charge is 0.344 e. The van der Waals surface area contributed by atoms with Gasteiger partial charge in [-0.15, -0.1) is 0 Å². The Kier molecular flexibility index (Phi) is 9.14. The first-order chi connectivity index (χ1) is 16.7.